The number of nitrogens with zero attached hydrogens (tertiary/aromatic N) is 1. The number of ether oxygens (including phenoxy) is 1. The first-order valence-electron chi connectivity index (χ1n) is 6.35. The Balaban J connectivity index is 2.64. The maximum atomic E-state index is 11.8. The molecule has 114 valence electrons. The third-order valence-corrected chi connectivity index (χ3v) is 2.82. The molecule has 0 unspecified atom stereocenters. The van der Waals surface area contributed by atoms with Crippen LogP contribution in [-0.4, -0.2) is 29.4 Å². The van der Waals surface area contributed by atoms with Crippen molar-refractivity contribution in [2.24, 2.45) is 0 Å². The van der Waals surface area contributed by atoms with Gasteiger partial charge in [-0.2, -0.15) is 0 Å². The molecule has 0 aromatic heterocycles. The van der Waals surface area contributed by atoms with E-state index in [0.29, 0.717) is 0 Å². The number of non-ortho nitro benzene ring substituents is 1. The Bertz CT molecular complexity index is 559. The smallest absolute Gasteiger partial charge is 0.340 e. The van der Waals surface area contributed by atoms with E-state index in [-0.39, 0.29) is 23.0 Å². The molecule has 1 rings (SSSR count). The molecule has 1 amide bonds. The van der Waals surface area contributed by atoms with Crippen LogP contribution in [0.15, 0.2) is 18.2 Å². The van der Waals surface area contributed by atoms with E-state index in [2.05, 4.69) is 5.32 Å². The standard InChI is InChI=1S/C13H17N3O5/c1-3-8(2)15-12(17)7-21-13(18)10-5-4-9(16(19)20)6-11(10)14/h4-6,8H,3,7,14H2,1-2H3,(H,15,17)/t8-/m1/s1. The van der Waals surface area contributed by atoms with Gasteiger partial charge in [-0.1, -0.05) is 6.92 Å². The quantitative estimate of drug-likeness (QED) is 0.352. The van der Waals surface area contributed by atoms with E-state index in [9.17, 15) is 19.7 Å². The van der Waals surface area contributed by atoms with Crippen LogP contribution in [0.3, 0.4) is 0 Å². The van der Waals surface area contributed by atoms with Gasteiger partial charge in [-0.25, -0.2) is 4.79 Å². The molecule has 0 saturated heterocycles. The number of carbonyl (C=O) groups is 2. The predicted octanol–water partition coefficient (Wildman–Crippen LogP) is 1.25. The summed E-state index contributed by atoms with van der Waals surface area (Å²) in [6, 6.07) is 3.39. The van der Waals surface area contributed by atoms with Crippen LogP contribution in [0.1, 0.15) is 30.6 Å². The molecule has 0 bridgehead atoms. The number of benzene rings is 1. The first-order chi connectivity index (χ1) is 9.85. The summed E-state index contributed by atoms with van der Waals surface area (Å²) in [7, 11) is 0. The first kappa shape index (κ1) is 16.4. The van der Waals surface area contributed by atoms with E-state index in [1.165, 1.54) is 6.07 Å². The Hall–Kier alpha value is -2.64. The second-order valence-electron chi connectivity index (χ2n) is 4.48. The van der Waals surface area contributed by atoms with Crippen LogP contribution >= 0.6 is 0 Å². The van der Waals surface area contributed by atoms with Crippen LogP contribution in [-0.2, 0) is 9.53 Å². The van der Waals surface area contributed by atoms with Crippen molar-refractivity contribution >= 4 is 23.3 Å². The van der Waals surface area contributed by atoms with Gasteiger partial charge in [-0.3, -0.25) is 14.9 Å². The topological polar surface area (TPSA) is 125 Å². The number of nitrogens with two attached hydrogens (primary N) is 1. The lowest BCUT2D eigenvalue weighted by Gasteiger charge is -2.11. The minimum Gasteiger partial charge on any atom is -0.452 e. The lowest BCUT2D eigenvalue weighted by Crippen LogP contribution is -2.35. The monoisotopic (exact) mass is 295 g/mol. The number of esters is 1. The first-order valence-corrected chi connectivity index (χ1v) is 6.35. The van der Waals surface area contributed by atoms with Gasteiger partial charge in [0.05, 0.1) is 16.2 Å². The number of hydrogen-bond donors (Lipinski definition) is 2. The Labute approximate surface area is 121 Å². The molecule has 1 atom stereocenters. The molecule has 0 aliphatic heterocycles. The number of nitro benzene ring substituents is 1. The largest absolute Gasteiger partial charge is 0.452 e. The van der Waals surface area contributed by atoms with Crippen LogP contribution in [0.2, 0.25) is 0 Å². The zero-order valence-electron chi connectivity index (χ0n) is 11.8. The molecule has 0 heterocycles. The maximum absolute atomic E-state index is 11.8. The van der Waals surface area contributed by atoms with Crippen molar-refractivity contribution < 1.29 is 19.2 Å². The summed E-state index contributed by atoms with van der Waals surface area (Å²) in [5, 5.41) is 13.2. The summed E-state index contributed by atoms with van der Waals surface area (Å²) in [6.45, 7) is 3.31. The van der Waals surface area contributed by atoms with Crippen molar-refractivity contribution in [1.29, 1.82) is 0 Å². The molecule has 0 saturated carbocycles. The van der Waals surface area contributed by atoms with Crippen LogP contribution in [0, 0.1) is 10.1 Å². The van der Waals surface area contributed by atoms with Crippen LogP contribution in [0.25, 0.3) is 0 Å². The number of nitrogen functional groups attached to an aromatic ring is 1. The van der Waals surface area contributed by atoms with Crippen molar-refractivity contribution in [3.63, 3.8) is 0 Å². The minimum atomic E-state index is -0.804. The second kappa shape index (κ2) is 7.22. The summed E-state index contributed by atoms with van der Waals surface area (Å²) in [5.41, 5.74) is 5.25. The van der Waals surface area contributed by atoms with E-state index in [4.69, 9.17) is 10.5 Å². The zero-order valence-corrected chi connectivity index (χ0v) is 11.8. The Morgan fingerprint density at radius 2 is 2.14 bits per heavy atom. The number of amides is 1. The van der Waals surface area contributed by atoms with E-state index in [1.807, 2.05) is 13.8 Å². The Kier molecular flexibility index (Phi) is 5.65. The molecule has 8 heteroatoms. The summed E-state index contributed by atoms with van der Waals surface area (Å²) in [4.78, 5) is 33.2. The minimum absolute atomic E-state index is 0.0133. The number of nitrogens with one attached hydrogen (secondary N) is 1. The number of carbonyl (C=O) groups excluding carboxylic acids is 2. The highest BCUT2D eigenvalue weighted by atomic mass is 16.6. The SMILES string of the molecule is CC[C@@H](C)NC(=O)COC(=O)c1ccc([N+](=O)[O-])cc1N. The molecule has 1 aromatic carbocycles. The van der Waals surface area contributed by atoms with Crippen molar-refractivity contribution in [2.45, 2.75) is 26.3 Å². The van der Waals surface area contributed by atoms with Gasteiger partial charge in [0.1, 0.15) is 0 Å². The maximum Gasteiger partial charge on any atom is 0.340 e. The van der Waals surface area contributed by atoms with Gasteiger partial charge in [0.25, 0.3) is 11.6 Å². The highest BCUT2D eigenvalue weighted by molar-refractivity contribution is 5.96. The van der Waals surface area contributed by atoms with Crippen LogP contribution in [0.5, 0.6) is 0 Å². The highest BCUT2D eigenvalue weighted by Crippen LogP contribution is 2.20. The molecule has 3 N–H and O–H groups in total. The van der Waals surface area contributed by atoms with Crippen LogP contribution in [0.4, 0.5) is 11.4 Å². The van der Waals surface area contributed by atoms with Crippen molar-refractivity contribution in [2.75, 3.05) is 12.3 Å². The molecule has 0 spiro atoms. The second-order valence-corrected chi connectivity index (χ2v) is 4.48. The molecule has 0 radical (unpaired) electrons. The molecular weight excluding hydrogens is 278 g/mol. The van der Waals surface area contributed by atoms with Gasteiger partial charge in [-0.15, -0.1) is 0 Å². The molecule has 0 fully saturated rings. The third kappa shape index (κ3) is 4.75. The summed E-state index contributed by atoms with van der Waals surface area (Å²) < 4.78 is 4.82. The van der Waals surface area contributed by atoms with Crippen molar-refractivity contribution in [3.8, 4) is 0 Å². The molecule has 21 heavy (non-hydrogen) atoms. The zero-order chi connectivity index (χ0) is 16.0. The number of anilines is 1. The lowest BCUT2D eigenvalue weighted by molar-refractivity contribution is -0.384. The fourth-order valence-corrected chi connectivity index (χ4v) is 1.48. The molecular formula is C13H17N3O5. The van der Waals surface area contributed by atoms with E-state index in [1.54, 1.807) is 0 Å². The lowest BCUT2D eigenvalue weighted by atomic mass is 10.1. The summed E-state index contributed by atoms with van der Waals surface area (Å²) in [5.74, 6) is -1.22. The van der Waals surface area contributed by atoms with Gasteiger partial charge in [0.2, 0.25) is 0 Å². The van der Waals surface area contributed by atoms with E-state index < -0.39 is 23.4 Å². The van der Waals surface area contributed by atoms with Gasteiger partial charge in [0, 0.05) is 18.2 Å². The van der Waals surface area contributed by atoms with Crippen molar-refractivity contribution in [1.82, 2.24) is 5.32 Å². The number of rotatable bonds is 6. The van der Waals surface area contributed by atoms with Gasteiger partial charge in [-0.05, 0) is 19.4 Å². The van der Waals surface area contributed by atoms with E-state index in [0.717, 1.165) is 18.6 Å². The number of nitro groups is 1. The normalized spacial score (nSPS) is 11.5. The third-order valence-electron chi connectivity index (χ3n) is 2.82. The highest BCUT2D eigenvalue weighted by Gasteiger charge is 2.16. The fourth-order valence-electron chi connectivity index (χ4n) is 1.48. The Morgan fingerprint density at radius 3 is 2.67 bits per heavy atom. The average molecular weight is 295 g/mol. The molecule has 8 nitrogen and oxygen atoms in total. The number of hydrogen-bond acceptors (Lipinski definition) is 6. The van der Waals surface area contributed by atoms with Gasteiger partial charge >= 0.3 is 5.97 Å². The average Bonchev–Trinajstić information content (AvgIpc) is 2.44. The van der Waals surface area contributed by atoms with E-state index >= 15 is 0 Å². The molecule has 1 aromatic rings. The Morgan fingerprint density at radius 1 is 1.48 bits per heavy atom. The van der Waals surface area contributed by atoms with Crippen LogP contribution < -0.4 is 11.1 Å². The van der Waals surface area contributed by atoms with Gasteiger partial charge in [0.15, 0.2) is 6.61 Å². The fraction of sp³-hybridized carbons (Fsp3) is 0.385. The summed E-state index contributed by atoms with van der Waals surface area (Å²) >= 11 is 0. The summed E-state index contributed by atoms with van der Waals surface area (Å²) in [6.07, 6.45) is 0.759. The predicted molar refractivity (Wildman–Crippen MR) is 75.7 cm³/mol. The van der Waals surface area contributed by atoms with Gasteiger partial charge < -0.3 is 15.8 Å². The van der Waals surface area contributed by atoms with Crippen molar-refractivity contribution in [3.05, 3.63) is 33.9 Å². The molecule has 0 aliphatic carbocycles. The molecule has 0 aliphatic rings.